The number of imidazole rings is 1. The molecule has 1 fully saturated rings. The molecule has 0 unspecified atom stereocenters. The molecule has 0 aliphatic carbocycles. The van der Waals surface area contributed by atoms with Crippen LogP contribution in [0.4, 0.5) is 5.82 Å². The van der Waals surface area contributed by atoms with Crippen LogP contribution in [0.2, 0.25) is 5.02 Å². The van der Waals surface area contributed by atoms with Crippen molar-refractivity contribution >= 4 is 34.1 Å². The van der Waals surface area contributed by atoms with Crippen LogP contribution in [-0.2, 0) is 6.42 Å². The van der Waals surface area contributed by atoms with E-state index in [1.54, 1.807) is 0 Å². The predicted octanol–water partition coefficient (Wildman–Crippen LogP) is 7.82. The molecular formula is C37H32ClN5. The van der Waals surface area contributed by atoms with Gasteiger partial charge in [-0.1, -0.05) is 96.5 Å². The first kappa shape index (κ1) is 27.2. The number of fused-ring (bicyclic) bond motifs is 3. The van der Waals surface area contributed by atoms with Gasteiger partial charge in [-0.3, -0.25) is 9.30 Å². The number of pyridine rings is 1. The molecule has 43 heavy (non-hydrogen) atoms. The van der Waals surface area contributed by atoms with E-state index >= 15 is 0 Å². The molecule has 1 aliphatic rings. The zero-order valence-electron chi connectivity index (χ0n) is 24.1. The maximum absolute atomic E-state index is 10.3. The first-order valence-corrected chi connectivity index (χ1v) is 15.2. The molecule has 2 aromatic heterocycles. The lowest BCUT2D eigenvalue weighted by Gasteiger charge is -2.41. The van der Waals surface area contributed by atoms with Crippen molar-refractivity contribution in [2.75, 3.05) is 31.1 Å². The summed E-state index contributed by atoms with van der Waals surface area (Å²) in [5.41, 5.74) is 9.21. The fraction of sp³-hybridized carbons (Fsp3) is 0.189. The molecule has 7 rings (SSSR count). The molecule has 0 bridgehead atoms. The van der Waals surface area contributed by atoms with Gasteiger partial charge in [-0.15, -0.1) is 0 Å². The number of rotatable bonds is 6. The number of benzene rings is 4. The summed E-state index contributed by atoms with van der Waals surface area (Å²) in [7, 11) is 0. The van der Waals surface area contributed by atoms with Crippen LogP contribution in [-0.4, -0.2) is 40.5 Å². The summed E-state index contributed by atoms with van der Waals surface area (Å²) < 4.78 is 2.23. The van der Waals surface area contributed by atoms with E-state index in [1.807, 2.05) is 30.3 Å². The minimum Gasteiger partial charge on any atom is -0.355 e. The minimum absolute atomic E-state index is 0.190. The van der Waals surface area contributed by atoms with Crippen LogP contribution in [0.15, 0.2) is 109 Å². The lowest BCUT2D eigenvalue weighted by molar-refractivity contribution is 0.212. The monoisotopic (exact) mass is 581 g/mol. The van der Waals surface area contributed by atoms with E-state index in [0.717, 1.165) is 70.4 Å². The molecule has 0 spiro atoms. The highest BCUT2D eigenvalue weighted by Crippen LogP contribution is 2.37. The van der Waals surface area contributed by atoms with Gasteiger partial charge in [-0.25, -0.2) is 4.98 Å². The van der Waals surface area contributed by atoms with Crippen molar-refractivity contribution in [2.45, 2.75) is 19.4 Å². The molecule has 212 valence electrons. The van der Waals surface area contributed by atoms with E-state index in [-0.39, 0.29) is 6.04 Å². The molecule has 0 saturated carbocycles. The van der Waals surface area contributed by atoms with Crippen molar-refractivity contribution in [3.63, 3.8) is 0 Å². The number of hydrogen-bond acceptors (Lipinski definition) is 4. The molecule has 0 radical (unpaired) electrons. The van der Waals surface area contributed by atoms with Crippen LogP contribution in [0.25, 0.3) is 16.7 Å². The molecule has 0 N–H and O–H groups in total. The van der Waals surface area contributed by atoms with Crippen LogP contribution >= 0.6 is 11.6 Å². The number of piperazine rings is 1. The molecular weight excluding hydrogens is 550 g/mol. The van der Waals surface area contributed by atoms with E-state index in [0.29, 0.717) is 12.0 Å². The van der Waals surface area contributed by atoms with Crippen molar-refractivity contribution in [2.24, 2.45) is 0 Å². The molecule has 3 heterocycles. The highest BCUT2D eigenvalue weighted by atomic mass is 35.5. The van der Waals surface area contributed by atoms with E-state index < -0.39 is 0 Å². The Hall–Kier alpha value is -4.63. The summed E-state index contributed by atoms with van der Waals surface area (Å²) >= 11 is 6.23. The van der Waals surface area contributed by atoms with Crippen molar-refractivity contribution in [3.05, 3.63) is 148 Å². The predicted molar refractivity (Wildman–Crippen MR) is 175 cm³/mol. The molecule has 5 nitrogen and oxygen atoms in total. The van der Waals surface area contributed by atoms with Crippen molar-refractivity contribution < 1.29 is 0 Å². The lowest BCUT2D eigenvalue weighted by Crippen LogP contribution is -2.48. The van der Waals surface area contributed by atoms with Gasteiger partial charge in [-0.05, 0) is 53.4 Å². The Bertz CT molecular complexity index is 1890. The van der Waals surface area contributed by atoms with Crippen LogP contribution in [0.3, 0.4) is 0 Å². The van der Waals surface area contributed by atoms with Gasteiger partial charge in [0.1, 0.15) is 11.9 Å². The number of nitrogens with zero attached hydrogens (tertiary/aromatic N) is 5. The van der Waals surface area contributed by atoms with Gasteiger partial charge in [0.05, 0.1) is 22.6 Å². The minimum atomic E-state index is 0.190. The quantitative estimate of drug-likeness (QED) is 0.201. The number of hydrogen-bond donors (Lipinski definition) is 0. The lowest BCUT2D eigenvalue weighted by atomic mass is 9.95. The molecule has 1 aliphatic heterocycles. The molecule has 0 atom stereocenters. The number of halogens is 1. The van der Waals surface area contributed by atoms with Crippen LogP contribution < -0.4 is 4.90 Å². The van der Waals surface area contributed by atoms with E-state index in [1.165, 1.54) is 11.1 Å². The van der Waals surface area contributed by atoms with E-state index in [2.05, 4.69) is 106 Å². The van der Waals surface area contributed by atoms with Gasteiger partial charge in [0.25, 0.3) is 0 Å². The first-order chi connectivity index (χ1) is 21.1. The van der Waals surface area contributed by atoms with E-state index in [4.69, 9.17) is 16.6 Å². The van der Waals surface area contributed by atoms with E-state index in [9.17, 15) is 5.26 Å². The van der Waals surface area contributed by atoms with Crippen molar-refractivity contribution in [1.29, 1.82) is 5.26 Å². The largest absolute Gasteiger partial charge is 0.355 e. The first-order valence-electron chi connectivity index (χ1n) is 14.8. The SMILES string of the molecule is Cc1c(Cc2ccc(Cl)cc2)c(N2CCN(C(c3ccccc3)c3ccccc3)CC2)n2c(nc3ccccc32)c1C#N. The summed E-state index contributed by atoms with van der Waals surface area (Å²) in [6.45, 7) is 5.60. The second-order valence-electron chi connectivity index (χ2n) is 11.2. The second-order valence-corrected chi connectivity index (χ2v) is 11.7. The molecule has 4 aromatic carbocycles. The van der Waals surface area contributed by atoms with Crippen LogP contribution in [0.1, 0.15) is 39.4 Å². The Balaban J connectivity index is 1.33. The third-order valence-corrected chi connectivity index (χ3v) is 8.96. The number of aromatic nitrogens is 2. The summed E-state index contributed by atoms with van der Waals surface area (Å²) in [5.74, 6) is 1.13. The maximum Gasteiger partial charge on any atom is 0.157 e. The highest BCUT2D eigenvalue weighted by molar-refractivity contribution is 6.30. The summed E-state index contributed by atoms with van der Waals surface area (Å²) in [5, 5.41) is 11.1. The van der Waals surface area contributed by atoms with Gasteiger partial charge in [0.2, 0.25) is 0 Å². The molecule has 0 amide bonds. The topological polar surface area (TPSA) is 47.6 Å². The van der Waals surface area contributed by atoms with Gasteiger partial charge in [0, 0.05) is 43.2 Å². The van der Waals surface area contributed by atoms with Gasteiger partial charge >= 0.3 is 0 Å². The van der Waals surface area contributed by atoms with Gasteiger partial charge in [-0.2, -0.15) is 5.26 Å². The van der Waals surface area contributed by atoms with Crippen LogP contribution in [0, 0.1) is 18.3 Å². The zero-order valence-corrected chi connectivity index (χ0v) is 24.9. The fourth-order valence-electron chi connectivity index (χ4n) is 6.59. The average molecular weight is 582 g/mol. The average Bonchev–Trinajstić information content (AvgIpc) is 3.43. The van der Waals surface area contributed by atoms with Gasteiger partial charge in [0.15, 0.2) is 5.65 Å². The Morgan fingerprint density at radius 2 is 1.40 bits per heavy atom. The number of anilines is 1. The van der Waals surface area contributed by atoms with Gasteiger partial charge < -0.3 is 4.90 Å². The summed E-state index contributed by atoms with van der Waals surface area (Å²) in [6.07, 6.45) is 0.701. The molecule has 1 saturated heterocycles. The van der Waals surface area contributed by atoms with Crippen molar-refractivity contribution in [3.8, 4) is 6.07 Å². The molecule has 6 aromatic rings. The Kier molecular flexibility index (Phi) is 7.32. The molecule has 6 heteroatoms. The number of nitriles is 1. The summed E-state index contributed by atoms with van der Waals surface area (Å²) in [6, 6.07) is 40.5. The highest BCUT2D eigenvalue weighted by Gasteiger charge is 2.30. The standard InChI is InChI=1S/C37H32ClN5/c1-26-31(24-27-16-18-30(38)19-17-27)37(43-34-15-9-8-14-33(34)40-36(43)32(26)25-39)42-22-20-41(21-23-42)35(28-10-4-2-5-11-28)29-12-6-3-7-13-29/h2-19,35H,20-24H2,1H3. The number of para-hydroxylation sites is 2. The zero-order chi connectivity index (χ0) is 29.3. The summed E-state index contributed by atoms with van der Waals surface area (Å²) in [4.78, 5) is 10.1. The Labute approximate surface area is 257 Å². The Morgan fingerprint density at radius 3 is 2.02 bits per heavy atom. The second kappa shape index (κ2) is 11.6. The maximum atomic E-state index is 10.3. The van der Waals surface area contributed by atoms with Crippen LogP contribution in [0.5, 0.6) is 0 Å². The smallest absolute Gasteiger partial charge is 0.157 e. The third-order valence-electron chi connectivity index (χ3n) is 8.71. The Morgan fingerprint density at radius 1 is 0.791 bits per heavy atom. The third kappa shape index (κ3) is 5.03. The van der Waals surface area contributed by atoms with Crippen molar-refractivity contribution in [1.82, 2.24) is 14.3 Å². The normalized spacial score (nSPS) is 14.0. The fourth-order valence-corrected chi connectivity index (χ4v) is 6.72.